The largest absolute Gasteiger partial charge is 0.261 e. The van der Waals surface area contributed by atoms with Gasteiger partial charge < -0.3 is 0 Å². The van der Waals surface area contributed by atoms with E-state index in [2.05, 4.69) is 15.5 Å². The zero-order valence-corrected chi connectivity index (χ0v) is 16.2. The van der Waals surface area contributed by atoms with Crippen molar-refractivity contribution in [3.8, 4) is 0 Å². The van der Waals surface area contributed by atoms with Crippen molar-refractivity contribution in [3.05, 3.63) is 52.1 Å². The molecule has 138 valence electrons. The summed E-state index contributed by atoms with van der Waals surface area (Å²) < 4.78 is 26.7. The van der Waals surface area contributed by atoms with Crippen molar-refractivity contribution in [2.75, 3.05) is 18.5 Å². The SMILES string of the molecule is O=S(=O)(c1ccc(N/N=C/c2c(Cl)cccc2Cl)nc1)N1CCCCC1. The van der Waals surface area contributed by atoms with E-state index in [4.69, 9.17) is 23.2 Å². The molecule has 1 aliphatic heterocycles. The highest BCUT2D eigenvalue weighted by molar-refractivity contribution is 7.89. The summed E-state index contributed by atoms with van der Waals surface area (Å²) in [5, 5.41) is 5.02. The highest BCUT2D eigenvalue weighted by Crippen LogP contribution is 2.23. The van der Waals surface area contributed by atoms with Gasteiger partial charge in [-0.15, -0.1) is 0 Å². The molecule has 0 unspecified atom stereocenters. The fraction of sp³-hybridized carbons (Fsp3) is 0.294. The van der Waals surface area contributed by atoms with Crippen LogP contribution in [-0.4, -0.2) is 37.0 Å². The summed E-state index contributed by atoms with van der Waals surface area (Å²) in [7, 11) is -3.48. The van der Waals surface area contributed by atoms with Crippen LogP contribution in [0.15, 0.2) is 46.5 Å². The van der Waals surface area contributed by atoms with Crippen LogP contribution in [-0.2, 0) is 10.0 Å². The predicted molar refractivity (Wildman–Crippen MR) is 105 cm³/mol. The van der Waals surface area contributed by atoms with Gasteiger partial charge in [-0.2, -0.15) is 9.41 Å². The Morgan fingerprint density at radius 1 is 1.08 bits per heavy atom. The Kier molecular flexibility index (Phi) is 6.13. The molecule has 1 fully saturated rings. The molecule has 0 spiro atoms. The van der Waals surface area contributed by atoms with Crippen molar-refractivity contribution in [3.63, 3.8) is 0 Å². The van der Waals surface area contributed by atoms with Crippen molar-refractivity contribution in [2.24, 2.45) is 5.10 Å². The maximum atomic E-state index is 12.6. The number of hydrazone groups is 1. The molecule has 0 atom stereocenters. The normalized spacial score (nSPS) is 16.1. The summed E-state index contributed by atoms with van der Waals surface area (Å²) in [5.74, 6) is 0.419. The summed E-state index contributed by atoms with van der Waals surface area (Å²) in [6.07, 6.45) is 5.69. The van der Waals surface area contributed by atoms with Gasteiger partial charge in [0.15, 0.2) is 0 Å². The molecular weight excluding hydrogens is 395 g/mol. The molecule has 0 saturated carbocycles. The van der Waals surface area contributed by atoms with Crippen LogP contribution in [0.5, 0.6) is 0 Å². The lowest BCUT2D eigenvalue weighted by molar-refractivity contribution is 0.346. The van der Waals surface area contributed by atoms with E-state index in [0.29, 0.717) is 34.5 Å². The molecule has 26 heavy (non-hydrogen) atoms. The first-order chi connectivity index (χ1) is 12.5. The van der Waals surface area contributed by atoms with Gasteiger partial charge in [0.05, 0.1) is 16.3 Å². The first-order valence-electron chi connectivity index (χ1n) is 8.18. The van der Waals surface area contributed by atoms with E-state index in [1.54, 1.807) is 24.3 Å². The van der Waals surface area contributed by atoms with Gasteiger partial charge in [0.25, 0.3) is 0 Å². The fourth-order valence-electron chi connectivity index (χ4n) is 2.65. The van der Waals surface area contributed by atoms with Crippen LogP contribution < -0.4 is 5.43 Å². The molecule has 0 aliphatic carbocycles. The summed E-state index contributed by atoms with van der Waals surface area (Å²) in [6, 6.07) is 8.28. The maximum Gasteiger partial charge on any atom is 0.244 e. The van der Waals surface area contributed by atoms with Crippen molar-refractivity contribution in [1.29, 1.82) is 0 Å². The number of piperidine rings is 1. The van der Waals surface area contributed by atoms with Crippen molar-refractivity contribution in [2.45, 2.75) is 24.2 Å². The van der Waals surface area contributed by atoms with Gasteiger partial charge in [-0.3, -0.25) is 5.43 Å². The molecule has 2 aromatic rings. The fourth-order valence-corrected chi connectivity index (χ4v) is 4.61. The van der Waals surface area contributed by atoms with Crippen molar-refractivity contribution in [1.82, 2.24) is 9.29 Å². The number of nitrogens with zero attached hydrogens (tertiary/aromatic N) is 3. The number of hydrogen-bond acceptors (Lipinski definition) is 5. The van der Waals surface area contributed by atoms with Crippen LogP contribution in [0.3, 0.4) is 0 Å². The number of nitrogens with one attached hydrogen (secondary N) is 1. The average molecular weight is 413 g/mol. The number of sulfonamides is 1. The molecule has 1 saturated heterocycles. The minimum absolute atomic E-state index is 0.183. The summed E-state index contributed by atoms with van der Waals surface area (Å²) in [6.45, 7) is 1.12. The van der Waals surface area contributed by atoms with Gasteiger partial charge in [0, 0.05) is 24.8 Å². The van der Waals surface area contributed by atoms with Gasteiger partial charge in [-0.25, -0.2) is 13.4 Å². The first kappa shape index (κ1) is 19.1. The Hall–Kier alpha value is -1.67. The molecule has 1 N–H and O–H groups in total. The standard InChI is InChI=1S/C17H18Cl2N4O2S/c18-15-5-4-6-16(19)14(15)12-21-22-17-8-7-13(11-20-17)26(24,25)23-9-2-1-3-10-23/h4-8,11-12H,1-3,9-10H2,(H,20,22)/b21-12+. The Labute approximate surface area is 162 Å². The van der Waals surface area contributed by atoms with E-state index in [0.717, 1.165) is 19.3 Å². The van der Waals surface area contributed by atoms with Crippen LogP contribution in [0.25, 0.3) is 0 Å². The van der Waals surface area contributed by atoms with Crippen LogP contribution in [0.1, 0.15) is 24.8 Å². The van der Waals surface area contributed by atoms with Crippen molar-refractivity contribution < 1.29 is 8.42 Å². The quantitative estimate of drug-likeness (QED) is 0.594. The number of benzene rings is 1. The molecule has 1 aliphatic rings. The van der Waals surface area contributed by atoms with E-state index in [-0.39, 0.29) is 4.90 Å². The Balaban J connectivity index is 1.69. The van der Waals surface area contributed by atoms with Gasteiger partial charge >= 0.3 is 0 Å². The summed E-state index contributed by atoms with van der Waals surface area (Å²) >= 11 is 12.1. The second-order valence-electron chi connectivity index (χ2n) is 5.85. The Morgan fingerprint density at radius 3 is 2.38 bits per heavy atom. The molecule has 1 aromatic heterocycles. The van der Waals surface area contributed by atoms with Crippen LogP contribution >= 0.6 is 23.2 Å². The molecule has 0 amide bonds. The van der Waals surface area contributed by atoms with Gasteiger partial charge in [-0.1, -0.05) is 35.7 Å². The third-order valence-electron chi connectivity index (χ3n) is 4.06. The van der Waals surface area contributed by atoms with E-state index in [9.17, 15) is 8.42 Å². The monoisotopic (exact) mass is 412 g/mol. The van der Waals surface area contributed by atoms with Gasteiger partial charge in [0.2, 0.25) is 10.0 Å². The minimum atomic E-state index is -3.48. The first-order valence-corrected chi connectivity index (χ1v) is 10.4. The van der Waals surface area contributed by atoms with Gasteiger partial charge in [0.1, 0.15) is 10.7 Å². The number of anilines is 1. The third kappa shape index (κ3) is 4.35. The molecule has 0 radical (unpaired) electrons. The molecule has 6 nitrogen and oxygen atoms in total. The van der Waals surface area contributed by atoms with E-state index in [1.807, 2.05) is 0 Å². The van der Waals surface area contributed by atoms with Crippen molar-refractivity contribution >= 4 is 45.3 Å². The number of halogens is 2. The number of pyridine rings is 1. The lowest BCUT2D eigenvalue weighted by Crippen LogP contribution is -2.35. The number of rotatable bonds is 5. The van der Waals surface area contributed by atoms with E-state index < -0.39 is 10.0 Å². The van der Waals surface area contributed by atoms with Gasteiger partial charge in [-0.05, 0) is 37.1 Å². The zero-order chi connectivity index (χ0) is 18.6. The summed E-state index contributed by atoms with van der Waals surface area (Å²) in [4.78, 5) is 4.30. The summed E-state index contributed by atoms with van der Waals surface area (Å²) in [5.41, 5.74) is 3.33. The molecule has 1 aromatic carbocycles. The molecule has 2 heterocycles. The highest BCUT2D eigenvalue weighted by Gasteiger charge is 2.26. The molecule has 3 rings (SSSR count). The molecular formula is C17H18Cl2N4O2S. The number of aromatic nitrogens is 1. The second kappa shape index (κ2) is 8.35. The Morgan fingerprint density at radius 2 is 1.77 bits per heavy atom. The second-order valence-corrected chi connectivity index (χ2v) is 8.60. The zero-order valence-electron chi connectivity index (χ0n) is 13.9. The highest BCUT2D eigenvalue weighted by atomic mass is 35.5. The Bertz CT molecular complexity index is 875. The third-order valence-corrected chi connectivity index (χ3v) is 6.60. The van der Waals surface area contributed by atoms with Crippen LogP contribution in [0, 0.1) is 0 Å². The molecule has 0 bridgehead atoms. The van der Waals surface area contributed by atoms with Crippen LogP contribution in [0.4, 0.5) is 5.82 Å². The maximum absolute atomic E-state index is 12.6. The smallest absolute Gasteiger partial charge is 0.244 e. The lowest BCUT2D eigenvalue weighted by Gasteiger charge is -2.25. The lowest BCUT2D eigenvalue weighted by atomic mass is 10.2. The van der Waals surface area contributed by atoms with E-state index >= 15 is 0 Å². The number of hydrogen-bond donors (Lipinski definition) is 1. The predicted octanol–water partition coefficient (Wildman–Crippen LogP) is 4.01. The minimum Gasteiger partial charge on any atom is -0.261 e. The average Bonchev–Trinajstić information content (AvgIpc) is 2.65. The molecule has 9 heteroatoms. The van der Waals surface area contributed by atoms with Crippen LogP contribution in [0.2, 0.25) is 10.0 Å². The topological polar surface area (TPSA) is 74.7 Å². The van der Waals surface area contributed by atoms with E-state index in [1.165, 1.54) is 22.8 Å².